The van der Waals surface area contributed by atoms with Gasteiger partial charge in [-0.3, -0.25) is 5.32 Å². The molecule has 2 N–H and O–H groups in total. The molecule has 2 aromatic carbocycles. The van der Waals surface area contributed by atoms with Crippen LogP contribution >= 0.6 is 0 Å². The van der Waals surface area contributed by atoms with Gasteiger partial charge in [-0.05, 0) is 31.2 Å². The highest BCUT2D eigenvalue weighted by atomic mass is 32.2. The maximum atomic E-state index is 12.2. The number of urea groups is 1. The minimum Gasteiger partial charge on any atom is -0.497 e. The number of ether oxygens (including phenoxy) is 4. The summed E-state index contributed by atoms with van der Waals surface area (Å²) in [4.78, 5) is 20.1. The van der Waals surface area contributed by atoms with Crippen molar-refractivity contribution in [1.82, 2.24) is 14.7 Å². The molecule has 0 radical (unpaired) electrons. The van der Waals surface area contributed by atoms with Crippen LogP contribution in [-0.2, 0) is 10.3 Å². The molecule has 0 fully saturated rings. The Kier molecular flexibility index (Phi) is 7.92. The van der Waals surface area contributed by atoms with Crippen LogP contribution in [0, 0.1) is 0 Å². The molecule has 0 aliphatic rings. The lowest BCUT2D eigenvalue weighted by Gasteiger charge is -2.13. The van der Waals surface area contributed by atoms with Crippen molar-refractivity contribution in [3.8, 4) is 34.6 Å². The first-order valence-corrected chi connectivity index (χ1v) is 11.2. The summed E-state index contributed by atoms with van der Waals surface area (Å²) in [7, 11) is -1.54. The molecule has 1 aromatic heterocycles. The van der Waals surface area contributed by atoms with E-state index in [4.69, 9.17) is 23.1 Å². The van der Waals surface area contributed by atoms with Crippen LogP contribution in [-0.4, -0.2) is 45.2 Å². The number of nitrogens with zero attached hydrogens (tertiary/aromatic N) is 2. The average Bonchev–Trinajstić information content (AvgIpc) is 2.80. The predicted molar refractivity (Wildman–Crippen MR) is 121 cm³/mol. The van der Waals surface area contributed by atoms with E-state index < -0.39 is 16.3 Å². The molecular weight excluding hydrogens is 468 g/mol. The number of aromatic nitrogens is 2. The zero-order chi connectivity index (χ0) is 24.6. The first kappa shape index (κ1) is 24.4. The Bertz CT molecular complexity index is 1250. The molecule has 0 saturated carbocycles. The summed E-state index contributed by atoms with van der Waals surface area (Å²) in [5, 5.41) is 2.20. The van der Waals surface area contributed by atoms with E-state index in [1.165, 1.54) is 38.6 Å². The number of nitrogens with one attached hydrogen (secondary N) is 2. The van der Waals surface area contributed by atoms with Gasteiger partial charge in [0.2, 0.25) is 11.8 Å². The van der Waals surface area contributed by atoms with Gasteiger partial charge in [0.15, 0.2) is 23.0 Å². The molecule has 0 atom stereocenters. The Balaban J connectivity index is 1.66. The maximum absolute atomic E-state index is 12.2. The Labute approximate surface area is 196 Å². The zero-order valence-corrected chi connectivity index (χ0v) is 19.3. The number of rotatable bonds is 10. The van der Waals surface area contributed by atoms with Crippen molar-refractivity contribution in [2.75, 3.05) is 26.1 Å². The van der Waals surface area contributed by atoms with Gasteiger partial charge in [-0.2, -0.15) is 13.4 Å². The van der Waals surface area contributed by atoms with Gasteiger partial charge in [-0.25, -0.2) is 14.5 Å². The fraction of sp³-hybridized carbons (Fsp3) is 0.190. The molecule has 0 bridgehead atoms. The molecule has 34 heavy (non-hydrogen) atoms. The Hall–Kier alpha value is -4.26. The number of para-hydroxylation sites is 2. The first-order chi connectivity index (χ1) is 16.3. The topological polar surface area (TPSA) is 147 Å². The van der Waals surface area contributed by atoms with Gasteiger partial charge in [0.05, 0.1) is 20.8 Å². The van der Waals surface area contributed by atoms with Crippen molar-refractivity contribution in [2.45, 2.75) is 6.92 Å². The fourth-order valence-corrected chi connectivity index (χ4v) is 3.30. The van der Waals surface area contributed by atoms with E-state index in [0.717, 1.165) is 0 Å². The van der Waals surface area contributed by atoms with Crippen molar-refractivity contribution in [2.24, 2.45) is 0 Å². The summed E-state index contributed by atoms with van der Waals surface area (Å²) in [6.45, 7) is 2.03. The van der Waals surface area contributed by atoms with Gasteiger partial charge in [-0.1, -0.05) is 12.1 Å². The minimum absolute atomic E-state index is 0.0681. The molecule has 0 unspecified atom stereocenters. The lowest BCUT2D eigenvalue weighted by Crippen LogP contribution is -2.37. The zero-order valence-electron chi connectivity index (χ0n) is 18.5. The van der Waals surface area contributed by atoms with Crippen LogP contribution in [0.5, 0.6) is 34.6 Å². The van der Waals surface area contributed by atoms with E-state index in [1.54, 1.807) is 42.0 Å². The number of hydrogen-bond donors (Lipinski definition) is 2. The van der Waals surface area contributed by atoms with E-state index >= 15 is 0 Å². The normalized spacial score (nSPS) is 10.7. The summed E-state index contributed by atoms with van der Waals surface area (Å²) < 4.78 is 52.5. The number of carbonyl (C=O) groups is 1. The maximum Gasteiger partial charge on any atom is 0.411 e. The third-order valence-corrected chi connectivity index (χ3v) is 4.84. The highest BCUT2D eigenvalue weighted by Crippen LogP contribution is 2.34. The lowest BCUT2D eigenvalue weighted by molar-refractivity contribution is 0.255. The van der Waals surface area contributed by atoms with Gasteiger partial charge < -0.3 is 23.1 Å². The Morgan fingerprint density at radius 2 is 1.74 bits per heavy atom. The molecular formula is C21H22N4O8S. The molecule has 0 saturated heterocycles. The van der Waals surface area contributed by atoms with Crippen molar-refractivity contribution >= 4 is 22.3 Å². The Morgan fingerprint density at radius 1 is 0.971 bits per heavy atom. The highest BCUT2D eigenvalue weighted by molar-refractivity contribution is 7.85. The van der Waals surface area contributed by atoms with Crippen molar-refractivity contribution in [3.63, 3.8) is 0 Å². The van der Waals surface area contributed by atoms with E-state index in [0.29, 0.717) is 23.9 Å². The quantitative estimate of drug-likeness (QED) is 0.434. The summed E-state index contributed by atoms with van der Waals surface area (Å²) in [5.41, 5.74) is 0. The number of benzene rings is 2. The number of amides is 2. The second-order valence-electron chi connectivity index (χ2n) is 6.31. The molecule has 180 valence electrons. The fourth-order valence-electron chi connectivity index (χ4n) is 2.60. The van der Waals surface area contributed by atoms with Gasteiger partial charge in [0.25, 0.3) is 0 Å². The molecule has 2 amide bonds. The minimum atomic E-state index is -4.53. The molecule has 0 aliphatic heterocycles. The van der Waals surface area contributed by atoms with E-state index in [9.17, 15) is 13.2 Å². The molecule has 13 heteroatoms. The molecule has 3 rings (SSSR count). The van der Waals surface area contributed by atoms with Gasteiger partial charge >= 0.3 is 16.3 Å². The van der Waals surface area contributed by atoms with Crippen LogP contribution in [0.25, 0.3) is 0 Å². The number of anilines is 1. The molecule has 3 aromatic rings. The van der Waals surface area contributed by atoms with E-state index in [2.05, 4.69) is 15.3 Å². The van der Waals surface area contributed by atoms with Gasteiger partial charge in [0.1, 0.15) is 5.75 Å². The van der Waals surface area contributed by atoms with Gasteiger partial charge in [-0.15, -0.1) is 0 Å². The third-order valence-electron chi connectivity index (χ3n) is 4.01. The molecule has 1 heterocycles. The SMILES string of the molecule is CCOc1ccccc1OS(=O)(=O)NC(=O)Nc1nccc(Oc2ccc(OC)cc2OC)n1. The van der Waals surface area contributed by atoms with Crippen LogP contribution in [0.3, 0.4) is 0 Å². The first-order valence-electron chi connectivity index (χ1n) is 9.81. The largest absolute Gasteiger partial charge is 0.497 e. The lowest BCUT2D eigenvalue weighted by atomic mass is 10.3. The molecule has 12 nitrogen and oxygen atoms in total. The number of carbonyl (C=O) groups excluding carboxylic acids is 1. The Morgan fingerprint density at radius 3 is 2.44 bits per heavy atom. The smallest absolute Gasteiger partial charge is 0.411 e. The third kappa shape index (κ3) is 6.62. The summed E-state index contributed by atoms with van der Waals surface area (Å²) >= 11 is 0. The van der Waals surface area contributed by atoms with Crippen LogP contribution in [0.2, 0.25) is 0 Å². The average molecular weight is 490 g/mol. The van der Waals surface area contributed by atoms with Crippen LogP contribution in [0.15, 0.2) is 54.7 Å². The standard InChI is InChI=1S/C21H22N4O8S/c1-4-31-15-7-5-6-8-17(15)33-34(27,28)25-21(26)24-20-22-12-11-19(23-20)32-16-10-9-14(29-2)13-18(16)30-3/h5-13H,4H2,1-3H3,(H2,22,23,24,25,26). The van der Waals surface area contributed by atoms with Crippen molar-refractivity contribution in [1.29, 1.82) is 0 Å². The molecule has 0 aliphatic carbocycles. The summed E-state index contributed by atoms with van der Waals surface area (Å²) in [5.74, 6) is 1.27. The van der Waals surface area contributed by atoms with Gasteiger partial charge in [0, 0.05) is 18.3 Å². The highest BCUT2D eigenvalue weighted by Gasteiger charge is 2.20. The second kappa shape index (κ2) is 11.0. The van der Waals surface area contributed by atoms with Crippen LogP contribution < -0.4 is 33.2 Å². The number of methoxy groups -OCH3 is 2. The monoisotopic (exact) mass is 490 g/mol. The number of hydrogen-bond acceptors (Lipinski definition) is 10. The van der Waals surface area contributed by atoms with Crippen LogP contribution in [0.4, 0.5) is 10.7 Å². The van der Waals surface area contributed by atoms with E-state index in [1.807, 2.05) is 0 Å². The second-order valence-corrected chi connectivity index (χ2v) is 7.59. The predicted octanol–water partition coefficient (Wildman–Crippen LogP) is 3.13. The van der Waals surface area contributed by atoms with Crippen molar-refractivity contribution < 1.29 is 36.3 Å². The summed E-state index contributed by atoms with van der Waals surface area (Å²) in [6, 6.07) is 11.3. The van der Waals surface area contributed by atoms with Crippen molar-refractivity contribution in [3.05, 3.63) is 54.7 Å². The molecule has 0 spiro atoms. The van der Waals surface area contributed by atoms with E-state index in [-0.39, 0.29) is 23.3 Å². The summed E-state index contributed by atoms with van der Waals surface area (Å²) in [6.07, 6.45) is 1.32. The van der Waals surface area contributed by atoms with Crippen LogP contribution in [0.1, 0.15) is 6.92 Å².